The van der Waals surface area contributed by atoms with Crippen LogP contribution < -0.4 is 4.74 Å². The van der Waals surface area contributed by atoms with Gasteiger partial charge in [0.15, 0.2) is 5.78 Å². The van der Waals surface area contributed by atoms with Crippen molar-refractivity contribution in [3.63, 3.8) is 0 Å². The van der Waals surface area contributed by atoms with Crippen LogP contribution >= 0.6 is 0 Å². The van der Waals surface area contributed by atoms with E-state index in [4.69, 9.17) is 4.74 Å². The summed E-state index contributed by atoms with van der Waals surface area (Å²) in [6.07, 6.45) is 0. The smallest absolute Gasteiger partial charge is 0.244 e. The summed E-state index contributed by atoms with van der Waals surface area (Å²) in [5.41, 5.74) is 0.573. The molecule has 142 valence electrons. The summed E-state index contributed by atoms with van der Waals surface area (Å²) in [6.45, 7) is 12.3. The quantitative estimate of drug-likeness (QED) is 0.740. The number of benzene rings is 1. The minimum Gasteiger partial charge on any atom is -0.497 e. The molecule has 6 heteroatoms. The van der Waals surface area contributed by atoms with E-state index in [0.29, 0.717) is 18.0 Å². The third-order valence-electron chi connectivity index (χ3n) is 4.42. The van der Waals surface area contributed by atoms with E-state index in [1.165, 1.54) is 0 Å². The van der Waals surface area contributed by atoms with Gasteiger partial charge in [0.2, 0.25) is 5.91 Å². The molecule has 0 atom stereocenters. The number of hydrogen-bond acceptors (Lipinski definition) is 4. The maximum Gasteiger partial charge on any atom is 0.244 e. The molecule has 0 N–H and O–H groups in total. The third kappa shape index (κ3) is 3.89. The van der Waals surface area contributed by atoms with Crippen molar-refractivity contribution in [1.29, 1.82) is 0 Å². The first kappa shape index (κ1) is 19.9. The number of Topliss-reactive ketones (excluding diaryl/α,β-unsaturated/α-hetero) is 1. The fraction of sp³-hybridized carbons (Fsp3) is 0.550. The fourth-order valence-electron chi connectivity index (χ4n) is 2.97. The van der Waals surface area contributed by atoms with E-state index in [1.807, 2.05) is 59.7 Å². The molecule has 1 amide bonds. The third-order valence-corrected chi connectivity index (χ3v) is 4.42. The maximum atomic E-state index is 12.8. The largest absolute Gasteiger partial charge is 0.497 e. The average molecular weight is 359 g/mol. The van der Waals surface area contributed by atoms with E-state index < -0.39 is 5.41 Å². The van der Waals surface area contributed by atoms with Gasteiger partial charge in [-0.2, -0.15) is 5.10 Å². The van der Waals surface area contributed by atoms with Crippen molar-refractivity contribution in [1.82, 2.24) is 14.7 Å². The van der Waals surface area contributed by atoms with Crippen molar-refractivity contribution in [2.75, 3.05) is 13.7 Å². The van der Waals surface area contributed by atoms with Gasteiger partial charge in [0.1, 0.15) is 18.0 Å². The monoisotopic (exact) mass is 359 g/mol. The molecule has 1 aromatic carbocycles. The van der Waals surface area contributed by atoms with Crippen LogP contribution in [0.2, 0.25) is 0 Å². The molecule has 0 aliphatic heterocycles. The minimum absolute atomic E-state index is 0.0236. The molecule has 0 unspecified atom stereocenters. The summed E-state index contributed by atoms with van der Waals surface area (Å²) in [5, 5.41) is 5.25. The van der Waals surface area contributed by atoms with Crippen LogP contribution in [0.3, 0.4) is 0 Å². The summed E-state index contributed by atoms with van der Waals surface area (Å²) in [4.78, 5) is 27.3. The Morgan fingerprint density at radius 3 is 2.42 bits per heavy atom. The number of carbonyl (C=O) groups is 2. The van der Waals surface area contributed by atoms with Crippen LogP contribution in [0.15, 0.2) is 18.2 Å². The molecule has 0 radical (unpaired) electrons. The molecule has 2 rings (SSSR count). The zero-order valence-corrected chi connectivity index (χ0v) is 16.8. The summed E-state index contributed by atoms with van der Waals surface area (Å²) in [5.74, 6) is 0.594. The number of hydrogen-bond donors (Lipinski definition) is 0. The average Bonchev–Trinajstić information content (AvgIpc) is 2.91. The number of rotatable bonds is 6. The summed E-state index contributed by atoms with van der Waals surface area (Å²) in [6, 6.07) is 5.57. The number of ketones is 1. The summed E-state index contributed by atoms with van der Waals surface area (Å²) >= 11 is 0. The first-order chi connectivity index (χ1) is 12.1. The van der Waals surface area contributed by atoms with E-state index in [2.05, 4.69) is 5.10 Å². The van der Waals surface area contributed by atoms with Gasteiger partial charge in [-0.25, -0.2) is 0 Å². The lowest BCUT2D eigenvalue weighted by Crippen LogP contribution is -2.39. The number of methoxy groups -OCH3 is 1. The molecule has 1 aromatic heterocycles. The second-order valence-electron chi connectivity index (χ2n) is 7.74. The van der Waals surface area contributed by atoms with Gasteiger partial charge in [0, 0.05) is 29.5 Å². The van der Waals surface area contributed by atoms with Gasteiger partial charge in [-0.1, -0.05) is 20.8 Å². The highest BCUT2D eigenvalue weighted by Gasteiger charge is 2.29. The number of fused-ring (bicyclic) bond motifs is 1. The second-order valence-corrected chi connectivity index (χ2v) is 7.74. The molecule has 6 nitrogen and oxygen atoms in total. The number of amides is 1. The molecule has 0 aliphatic rings. The Hall–Kier alpha value is -2.37. The van der Waals surface area contributed by atoms with E-state index in [9.17, 15) is 9.59 Å². The zero-order chi connectivity index (χ0) is 19.6. The maximum absolute atomic E-state index is 12.8. The first-order valence-corrected chi connectivity index (χ1v) is 8.99. The lowest BCUT2D eigenvalue weighted by atomic mass is 9.88. The van der Waals surface area contributed by atoms with Gasteiger partial charge < -0.3 is 9.64 Å². The minimum atomic E-state index is -0.552. The zero-order valence-electron chi connectivity index (χ0n) is 16.8. The van der Waals surface area contributed by atoms with Crippen LogP contribution in [0.5, 0.6) is 5.75 Å². The van der Waals surface area contributed by atoms with Crippen LogP contribution in [0.1, 0.15) is 52.0 Å². The van der Waals surface area contributed by atoms with Crippen LogP contribution in [0, 0.1) is 5.41 Å². The molecule has 0 fully saturated rings. The van der Waals surface area contributed by atoms with Crippen molar-refractivity contribution in [3.8, 4) is 5.75 Å². The Morgan fingerprint density at radius 2 is 1.92 bits per heavy atom. The molecule has 0 spiro atoms. The van der Waals surface area contributed by atoms with E-state index in [-0.39, 0.29) is 24.3 Å². The van der Waals surface area contributed by atoms with Crippen LogP contribution in [-0.2, 0) is 11.3 Å². The number of carbonyl (C=O) groups excluding carboxylic acids is 2. The molecular weight excluding hydrogens is 330 g/mol. The van der Waals surface area contributed by atoms with Crippen molar-refractivity contribution < 1.29 is 14.3 Å². The number of likely N-dealkylation sites (N-methyl/N-ethyl adjacent to an activating group) is 1. The number of ether oxygens (including phenoxy) is 1. The Bertz CT molecular complexity index is 816. The predicted octanol–water partition coefficient (Wildman–Crippen LogP) is 3.53. The van der Waals surface area contributed by atoms with Crippen molar-refractivity contribution in [3.05, 3.63) is 23.9 Å². The molecule has 0 bridgehead atoms. The Morgan fingerprint density at radius 1 is 1.27 bits per heavy atom. The van der Waals surface area contributed by atoms with Crippen LogP contribution in [0.4, 0.5) is 0 Å². The number of aromatic nitrogens is 2. The summed E-state index contributed by atoms with van der Waals surface area (Å²) < 4.78 is 6.92. The van der Waals surface area contributed by atoms with E-state index in [1.54, 1.807) is 16.7 Å². The summed E-state index contributed by atoms with van der Waals surface area (Å²) in [7, 11) is 1.59. The van der Waals surface area contributed by atoms with Gasteiger partial charge in [-0.05, 0) is 32.9 Å². The predicted molar refractivity (Wildman–Crippen MR) is 103 cm³/mol. The molecule has 0 aliphatic carbocycles. The van der Waals surface area contributed by atoms with Gasteiger partial charge in [0.05, 0.1) is 12.6 Å². The molecule has 0 saturated heterocycles. The molecule has 1 heterocycles. The molecular formula is C20H29N3O3. The highest BCUT2D eigenvalue weighted by Crippen LogP contribution is 2.29. The lowest BCUT2D eigenvalue weighted by Gasteiger charge is -2.25. The van der Waals surface area contributed by atoms with E-state index >= 15 is 0 Å². The normalized spacial score (nSPS) is 11.8. The number of nitrogens with zero attached hydrogens (tertiary/aromatic N) is 3. The topological polar surface area (TPSA) is 64.4 Å². The second kappa shape index (κ2) is 7.48. The van der Waals surface area contributed by atoms with Gasteiger partial charge in [-0.15, -0.1) is 0 Å². The van der Waals surface area contributed by atoms with Gasteiger partial charge in [0.25, 0.3) is 0 Å². The SMILES string of the molecule is CCN(C(=O)Cn1nc(C(=O)C(C)(C)C)c2ccc(OC)cc21)C(C)C. The standard InChI is InChI=1S/C20H29N3O3/c1-8-22(13(2)3)17(24)12-23-16-11-14(26-7)9-10-15(16)18(21-23)19(25)20(4,5)6/h9-11,13H,8,12H2,1-7H3. The highest BCUT2D eigenvalue weighted by atomic mass is 16.5. The Kier molecular flexibility index (Phi) is 5.74. The van der Waals surface area contributed by atoms with Gasteiger partial charge >= 0.3 is 0 Å². The molecule has 26 heavy (non-hydrogen) atoms. The molecule has 0 saturated carbocycles. The van der Waals surface area contributed by atoms with Crippen molar-refractivity contribution in [2.24, 2.45) is 5.41 Å². The molecule has 2 aromatic rings. The van der Waals surface area contributed by atoms with Crippen molar-refractivity contribution >= 4 is 22.6 Å². The van der Waals surface area contributed by atoms with Gasteiger partial charge in [-0.3, -0.25) is 14.3 Å². The lowest BCUT2D eigenvalue weighted by molar-refractivity contribution is -0.133. The first-order valence-electron chi connectivity index (χ1n) is 8.99. The van der Waals surface area contributed by atoms with Crippen LogP contribution in [0.25, 0.3) is 10.9 Å². The fourth-order valence-corrected chi connectivity index (χ4v) is 2.97. The highest BCUT2D eigenvalue weighted by molar-refractivity contribution is 6.08. The van der Waals surface area contributed by atoms with Crippen LogP contribution in [-0.4, -0.2) is 46.1 Å². The Labute approximate surface area is 155 Å². The Balaban J connectivity index is 2.55. The van der Waals surface area contributed by atoms with E-state index in [0.717, 1.165) is 10.9 Å². The van der Waals surface area contributed by atoms with Crippen molar-refractivity contribution in [2.45, 2.75) is 54.1 Å².